The fourth-order valence-corrected chi connectivity index (χ4v) is 4.08. The molecule has 1 aliphatic carbocycles. The maximum Gasteiger partial charge on any atom is 0.322 e. The van der Waals surface area contributed by atoms with E-state index in [1.807, 2.05) is 0 Å². The number of carboxylic acids is 1. The largest absolute Gasteiger partial charge is 0.545 e. The third-order valence-electron chi connectivity index (χ3n) is 3.89. The molecule has 1 aromatic rings. The van der Waals surface area contributed by atoms with Crippen molar-refractivity contribution in [3.8, 4) is 0 Å². The Hall–Kier alpha value is -1.60. The maximum absolute atomic E-state index is 12.2. The summed E-state index contributed by atoms with van der Waals surface area (Å²) in [5.74, 6) is -1.20. The van der Waals surface area contributed by atoms with E-state index in [1.165, 1.54) is 11.3 Å². The molecule has 1 N–H and O–H groups in total. The molecule has 1 aliphatic heterocycles. The van der Waals surface area contributed by atoms with E-state index in [0.717, 1.165) is 36.1 Å². The highest BCUT2D eigenvalue weighted by Crippen LogP contribution is 2.37. The first kappa shape index (κ1) is 14.3. The molecule has 2 aliphatic rings. The molecule has 0 atom stereocenters. The number of fused-ring (bicyclic) bond motifs is 1. The Bertz CT molecular complexity index is 564. The van der Waals surface area contributed by atoms with Crippen LogP contribution in [0.2, 0.25) is 0 Å². The van der Waals surface area contributed by atoms with Crippen molar-refractivity contribution < 1.29 is 19.4 Å². The second kappa shape index (κ2) is 6.03. The summed E-state index contributed by atoms with van der Waals surface area (Å²) in [5, 5.41) is 14.6. The summed E-state index contributed by atoms with van der Waals surface area (Å²) >= 11 is 1.37. The van der Waals surface area contributed by atoms with Gasteiger partial charge in [-0.1, -0.05) is 0 Å². The SMILES string of the molecule is O=C([O-])c1c(NC(=O)N2CCOCC2)sc2c1CCCC2. The molecule has 21 heavy (non-hydrogen) atoms. The molecule has 0 spiro atoms. The summed E-state index contributed by atoms with van der Waals surface area (Å²) in [5.41, 5.74) is 1.03. The van der Waals surface area contributed by atoms with Crippen LogP contribution in [-0.4, -0.2) is 43.2 Å². The predicted molar refractivity (Wildman–Crippen MR) is 76.7 cm³/mol. The van der Waals surface area contributed by atoms with E-state index in [9.17, 15) is 14.7 Å². The predicted octanol–water partition coefficient (Wildman–Crippen LogP) is 0.854. The number of morpholine rings is 1. The van der Waals surface area contributed by atoms with Gasteiger partial charge in [0.25, 0.3) is 0 Å². The number of carbonyl (C=O) groups excluding carboxylic acids is 2. The van der Waals surface area contributed by atoms with E-state index < -0.39 is 5.97 Å². The number of aromatic carboxylic acids is 1. The molecule has 1 saturated heterocycles. The van der Waals surface area contributed by atoms with E-state index in [2.05, 4.69) is 5.32 Å². The van der Waals surface area contributed by atoms with Gasteiger partial charge in [0.1, 0.15) is 5.00 Å². The highest BCUT2D eigenvalue weighted by molar-refractivity contribution is 7.17. The fraction of sp³-hybridized carbons (Fsp3) is 0.571. The van der Waals surface area contributed by atoms with E-state index in [-0.39, 0.29) is 11.6 Å². The second-order valence-electron chi connectivity index (χ2n) is 5.23. The molecule has 0 bridgehead atoms. The second-order valence-corrected chi connectivity index (χ2v) is 6.34. The first-order valence-electron chi connectivity index (χ1n) is 7.16. The quantitative estimate of drug-likeness (QED) is 0.878. The Morgan fingerprint density at radius 2 is 1.90 bits per heavy atom. The molecule has 0 radical (unpaired) electrons. The smallest absolute Gasteiger partial charge is 0.322 e. The van der Waals surface area contributed by atoms with Gasteiger partial charge >= 0.3 is 6.03 Å². The van der Waals surface area contributed by atoms with E-state index in [1.54, 1.807) is 4.90 Å². The number of nitrogens with one attached hydrogen (secondary N) is 1. The Kier molecular flexibility index (Phi) is 4.12. The lowest BCUT2D eigenvalue weighted by molar-refractivity contribution is -0.254. The number of nitrogens with zero attached hydrogens (tertiary/aromatic N) is 1. The summed E-state index contributed by atoms with van der Waals surface area (Å²) in [6, 6.07) is -0.264. The van der Waals surface area contributed by atoms with Gasteiger partial charge in [-0.25, -0.2) is 4.79 Å². The van der Waals surface area contributed by atoms with Gasteiger partial charge in [-0.15, -0.1) is 11.3 Å². The highest BCUT2D eigenvalue weighted by Gasteiger charge is 2.24. The van der Waals surface area contributed by atoms with Crippen LogP contribution in [0.5, 0.6) is 0 Å². The monoisotopic (exact) mass is 309 g/mol. The standard InChI is InChI=1S/C14H18N2O4S/c17-13(18)11-9-3-1-2-4-10(9)21-12(11)15-14(19)16-5-7-20-8-6-16/h1-8H2,(H,15,19)(H,17,18)/p-1. The lowest BCUT2D eigenvalue weighted by Crippen LogP contribution is -2.43. The molecule has 2 heterocycles. The van der Waals surface area contributed by atoms with Gasteiger partial charge in [0.15, 0.2) is 0 Å². The summed E-state index contributed by atoms with van der Waals surface area (Å²) in [4.78, 5) is 26.3. The third-order valence-corrected chi connectivity index (χ3v) is 5.10. The van der Waals surface area contributed by atoms with Crippen LogP contribution in [0.1, 0.15) is 33.6 Å². The Morgan fingerprint density at radius 3 is 2.62 bits per heavy atom. The molecule has 1 aromatic heterocycles. The van der Waals surface area contributed by atoms with Crippen LogP contribution in [0.4, 0.5) is 9.80 Å². The maximum atomic E-state index is 12.2. The Balaban J connectivity index is 1.82. The first-order valence-corrected chi connectivity index (χ1v) is 7.98. The normalized spacial score (nSPS) is 18.2. The van der Waals surface area contributed by atoms with Gasteiger partial charge in [-0.2, -0.15) is 0 Å². The van der Waals surface area contributed by atoms with Gasteiger partial charge in [0, 0.05) is 23.5 Å². The van der Waals surface area contributed by atoms with Crippen molar-refractivity contribution in [2.45, 2.75) is 25.7 Å². The number of thiophene rings is 1. The number of ether oxygens (including phenoxy) is 1. The number of aryl methyl sites for hydroxylation is 1. The van der Waals surface area contributed by atoms with Crippen LogP contribution in [0.25, 0.3) is 0 Å². The van der Waals surface area contributed by atoms with Crippen LogP contribution in [-0.2, 0) is 17.6 Å². The number of amides is 2. The van der Waals surface area contributed by atoms with Crippen molar-refractivity contribution in [2.75, 3.05) is 31.6 Å². The summed E-state index contributed by atoms with van der Waals surface area (Å²) in [7, 11) is 0. The van der Waals surface area contributed by atoms with Gasteiger partial charge in [-0.3, -0.25) is 5.32 Å². The lowest BCUT2D eigenvalue weighted by atomic mass is 9.95. The molecule has 3 rings (SSSR count). The van der Waals surface area contributed by atoms with E-state index >= 15 is 0 Å². The zero-order valence-electron chi connectivity index (χ0n) is 11.6. The minimum atomic E-state index is -1.20. The summed E-state index contributed by atoms with van der Waals surface area (Å²) < 4.78 is 5.21. The zero-order chi connectivity index (χ0) is 14.8. The molecule has 0 unspecified atom stereocenters. The molecule has 6 nitrogen and oxygen atoms in total. The van der Waals surface area contributed by atoms with Crippen molar-refractivity contribution in [1.82, 2.24) is 4.90 Å². The van der Waals surface area contributed by atoms with E-state index in [4.69, 9.17) is 4.74 Å². The average Bonchev–Trinajstić information content (AvgIpc) is 2.86. The van der Waals surface area contributed by atoms with Gasteiger partial charge in [0.2, 0.25) is 0 Å². The van der Waals surface area contributed by atoms with Gasteiger partial charge < -0.3 is 19.5 Å². The van der Waals surface area contributed by atoms with Crippen LogP contribution >= 0.6 is 11.3 Å². The number of carbonyl (C=O) groups is 2. The van der Waals surface area contributed by atoms with Crippen molar-refractivity contribution >= 4 is 28.3 Å². The number of urea groups is 1. The molecule has 114 valence electrons. The molecule has 7 heteroatoms. The molecular formula is C14H17N2O4S-. The number of anilines is 1. The van der Waals surface area contributed by atoms with Gasteiger partial charge in [0.05, 0.1) is 19.2 Å². The number of carboxylic acid groups (broad SMARTS) is 1. The topological polar surface area (TPSA) is 81.7 Å². The Labute approximate surface area is 126 Å². The number of hydrogen-bond donors (Lipinski definition) is 1. The van der Waals surface area contributed by atoms with E-state index in [0.29, 0.717) is 31.3 Å². The average molecular weight is 309 g/mol. The minimum Gasteiger partial charge on any atom is -0.545 e. The molecule has 0 saturated carbocycles. The van der Waals surface area contributed by atoms with Crippen LogP contribution in [0.3, 0.4) is 0 Å². The summed E-state index contributed by atoms with van der Waals surface area (Å²) in [6.45, 7) is 2.08. The molecule has 1 fully saturated rings. The van der Waals surface area contributed by atoms with Crippen LogP contribution in [0.15, 0.2) is 0 Å². The molecule has 0 aromatic carbocycles. The van der Waals surface area contributed by atoms with Crippen molar-refractivity contribution in [1.29, 1.82) is 0 Å². The molecule has 2 amide bonds. The third kappa shape index (κ3) is 2.89. The number of rotatable bonds is 2. The van der Waals surface area contributed by atoms with Crippen LogP contribution < -0.4 is 10.4 Å². The first-order chi connectivity index (χ1) is 10.2. The van der Waals surface area contributed by atoms with Crippen molar-refractivity contribution in [3.05, 3.63) is 16.0 Å². The fourth-order valence-electron chi connectivity index (χ4n) is 2.81. The van der Waals surface area contributed by atoms with Crippen LogP contribution in [0, 0.1) is 0 Å². The highest BCUT2D eigenvalue weighted by atomic mass is 32.1. The lowest BCUT2D eigenvalue weighted by Gasteiger charge is -2.26. The zero-order valence-corrected chi connectivity index (χ0v) is 12.5. The molecular weight excluding hydrogens is 292 g/mol. The number of hydrogen-bond acceptors (Lipinski definition) is 5. The van der Waals surface area contributed by atoms with Gasteiger partial charge in [-0.05, 0) is 31.2 Å². The van der Waals surface area contributed by atoms with Crippen molar-refractivity contribution in [2.24, 2.45) is 0 Å². The minimum absolute atomic E-state index is 0.177. The van der Waals surface area contributed by atoms with Crippen molar-refractivity contribution in [3.63, 3.8) is 0 Å². The summed E-state index contributed by atoms with van der Waals surface area (Å²) in [6.07, 6.45) is 3.69. The Morgan fingerprint density at radius 1 is 1.19 bits per heavy atom.